The second-order valence-corrected chi connectivity index (χ2v) is 5.30. The molecule has 2 aromatic rings. The van der Waals surface area contributed by atoms with Crippen molar-refractivity contribution < 1.29 is 4.99 Å². The highest BCUT2D eigenvalue weighted by atomic mass is 15.1. The van der Waals surface area contributed by atoms with Crippen LogP contribution >= 0.6 is 0 Å². The minimum Gasteiger partial charge on any atom is -0.378 e. The van der Waals surface area contributed by atoms with Crippen molar-refractivity contribution >= 4 is 29.2 Å². The first-order chi connectivity index (χ1) is 10.2. The SMILES string of the molecule is CN(C)c1ccc(/C=C/C=C2\C=[NH+]c3ccccc32)cc1. The first-order valence-electron chi connectivity index (χ1n) is 7.09. The number of allylic oxidation sites excluding steroid dienone is 3. The van der Waals surface area contributed by atoms with E-state index in [1.807, 2.05) is 12.3 Å². The zero-order valence-corrected chi connectivity index (χ0v) is 12.4. The third-order valence-corrected chi connectivity index (χ3v) is 3.60. The van der Waals surface area contributed by atoms with Gasteiger partial charge in [0.25, 0.3) is 0 Å². The van der Waals surface area contributed by atoms with Crippen molar-refractivity contribution in [3.05, 3.63) is 71.8 Å². The molecule has 1 aliphatic rings. The summed E-state index contributed by atoms with van der Waals surface area (Å²) in [4.78, 5) is 5.39. The Kier molecular flexibility index (Phi) is 3.69. The van der Waals surface area contributed by atoms with Crippen LogP contribution in [0.2, 0.25) is 0 Å². The van der Waals surface area contributed by atoms with Gasteiger partial charge in [0.1, 0.15) is 0 Å². The third-order valence-electron chi connectivity index (χ3n) is 3.60. The van der Waals surface area contributed by atoms with Crippen LogP contribution in [-0.4, -0.2) is 20.3 Å². The van der Waals surface area contributed by atoms with Crippen LogP contribution in [0.15, 0.2) is 60.7 Å². The maximum Gasteiger partial charge on any atom is 0.211 e. The topological polar surface area (TPSA) is 17.2 Å². The van der Waals surface area contributed by atoms with Crippen LogP contribution in [0.3, 0.4) is 0 Å². The molecule has 0 fully saturated rings. The Morgan fingerprint density at radius 1 is 0.952 bits per heavy atom. The van der Waals surface area contributed by atoms with Crippen LogP contribution in [0.5, 0.6) is 0 Å². The molecule has 1 aliphatic heterocycles. The van der Waals surface area contributed by atoms with Crippen LogP contribution in [0, 0.1) is 0 Å². The Balaban J connectivity index is 1.76. The quantitative estimate of drug-likeness (QED) is 0.911. The first-order valence-corrected chi connectivity index (χ1v) is 7.09. The van der Waals surface area contributed by atoms with Crippen molar-refractivity contribution in [1.82, 2.24) is 0 Å². The van der Waals surface area contributed by atoms with Crippen molar-refractivity contribution in [3.8, 4) is 0 Å². The first kappa shape index (κ1) is 13.4. The van der Waals surface area contributed by atoms with Gasteiger partial charge in [-0.05, 0) is 29.8 Å². The van der Waals surface area contributed by atoms with Gasteiger partial charge < -0.3 is 4.90 Å². The summed E-state index contributed by atoms with van der Waals surface area (Å²) in [7, 11) is 4.10. The maximum absolute atomic E-state index is 3.29. The molecule has 1 N–H and O–H groups in total. The lowest BCUT2D eigenvalue weighted by Crippen LogP contribution is -2.58. The van der Waals surface area contributed by atoms with E-state index in [0.717, 1.165) is 0 Å². The van der Waals surface area contributed by atoms with E-state index < -0.39 is 0 Å². The lowest BCUT2D eigenvalue weighted by molar-refractivity contribution is -0.342. The molecule has 2 nitrogen and oxygen atoms in total. The zero-order chi connectivity index (χ0) is 14.7. The predicted molar refractivity (Wildman–Crippen MR) is 90.9 cm³/mol. The standard InChI is InChI=1S/C19H18N2/c1-21(2)17-12-10-15(11-13-17)6-5-7-16-14-20-19-9-4-3-8-18(16)19/h3-14H,1-2H3/p+1/b6-5+,16-7+. The highest BCUT2D eigenvalue weighted by molar-refractivity contribution is 6.11. The summed E-state index contributed by atoms with van der Waals surface area (Å²) in [6.45, 7) is 0. The second-order valence-electron chi connectivity index (χ2n) is 5.30. The molecule has 0 aromatic heterocycles. The van der Waals surface area contributed by atoms with Gasteiger partial charge >= 0.3 is 0 Å². The summed E-state index contributed by atoms with van der Waals surface area (Å²) in [6.07, 6.45) is 8.41. The molecule has 21 heavy (non-hydrogen) atoms. The number of hydrogen-bond acceptors (Lipinski definition) is 1. The van der Waals surface area contributed by atoms with Crippen molar-refractivity contribution in [2.45, 2.75) is 0 Å². The normalized spacial score (nSPS) is 14.9. The Hall–Kier alpha value is -2.61. The van der Waals surface area contributed by atoms with E-state index >= 15 is 0 Å². The van der Waals surface area contributed by atoms with E-state index in [9.17, 15) is 0 Å². The van der Waals surface area contributed by atoms with Crippen LogP contribution < -0.4 is 9.89 Å². The lowest BCUT2D eigenvalue weighted by atomic mass is 10.1. The maximum atomic E-state index is 3.29. The smallest absolute Gasteiger partial charge is 0.211 e. The summed E-state index contributed by atoms with van der Waals surface area (Å²) >= 11 is 0. The molecular formula is C19H19N2+. The molecule has 0 unspecified atom stereocenters. The monoisotopic (exact) mass is 275 g/mol. The number of anilines is 1. The van der Waals surface area contributed by atoms with E-state index in [1.165, 1.54) is 28.1 Å². The molecule has 1 heterocycles. The molecule has 3 rings (SSSR count). The van der Waals surface area contributed by atoms with E-state index in [4.69, 9.17) is 0 Å². The minimum absolute atomic E-state index is 1.17. The van der Waals surface area contributed by atoms with Crippen LogP contribution in [0.4, 0.5) is 11.4 Å². The fraction of sp³-hybridized carbons (Fsp3) is 0.105. The van der Waals surface area contributed by atoms with Crippen molar-refractivity contribution in [1.29, 1.82) is 0 Å². The Labute approximate surface area is 125 Å². The van der Waals surface area contributed by atoms with Gasteiger partial charge in [-0.15, -0.1) is 0 Å². The largest absolute Gasteiger partial charge is 0.378 e. The van der Waals surface area contributed by atoms with Gasteiger partial charge in [0.2, 0.25) is 5.69 Å². The molecule has 0 saturated carbocycles. The predicted octanol–water partition coefficient (Wildman–Crippen LogP) is 2.65. The molecule has 0 amide bonds. The molecule has 0 saturated heterocycles. The number of benzene rings is 2. The highest BCUT2D eigenvalue weighted by Gasteiger charge is 2.15. The number of fused-ring (bicyclic) bond motifs is 1. The van der Waals surface area contributed by atoms with Gasteiger partial charge in [0, 0.05) is 25.8 Å². The molecule has 0 radical (unpaired) electrons. The summed E-state index contributed by atoms with van der Waals surface area (Å²) in [5, 5.41) is 0. The lowest BCUT2D eigenvalue weighted by Gasteiger charge is -2.11. The van der Waals surface area contributed by atoms with Crippen molar-refractivity contribution in [2.75, 3.05) is 19.0 Å². The van der Waals surface area contributed by atoms with E-state index in [0.29, 0.717) is 0 Å². The van der Waals surface area contributed by atoms with E-state index in [2.05, 4.69) is 84.7 Å². The minimum atomic E-state index is 1.17. The molecule has 104 valence electrons. The molecule has 0 atom stereocenters. The van der Waals surface area contributed by atoms with Gasteiger partial charge in [0.15, 0.2) is 6.21 Å². The molecule has 0 bridgehead atoms. The van der Waals surface area contributed by atoms with Gasteiger partial charge in [-0.25, -0.2) is 4.99 Å². The Morgan fingerprint density at radius 3 is 2.48 bits per heavy atom. The van der Waals surface area contributed by atoms with Crippen LogP contribution in [0.1, 0.15) is 11.1 Å². The Morgan fingerprint density at radius 2 is 1.71 bits per heavy atom. The average Bonchev–Trinajstić information content (AvgIpc) is 2.91. The van der Waals surface area contributed by atoms with Crippen molar-refractivity contribution in [2.24, 2.45) is 0 Å². The van der Waals surface area contributed by atoms with Gasteiger partial charge in [-0.1, -0.05) is 36.4 Å². The van der Waals surface area contributed by atoms with Crippen molar-refractivity contribution in [3.63, 3.8) is 0 Å². The van der Waals surface area contributed by atoms with Crippen LogP contribution in [0.25, 0.3) is 11.6 Å². The zero-order valence-electron chi connectivity index (χ0n) is 12.4. The number of rotatable bonds is 3. The highest BCUT2D eigenvalue weighted by Crippen LogP contribution is 2.21. The summed E-state index contributed by atoms with van der Waals surface area (Å²) in [6, 6.07) is 16.9. The van der Waals surface area contributed by atoms with Gasteiger partial charge in [-0.3, -0.25) is 0 Å². The summed E-state index contributed by atoms with van der Waals surface area (Å²) < 4.78 is 0. The van der Waals surface area contributed by atoms with E-state index in [-0.39, 0.29) is 0 Å². The molecule has 0 aliphatic carbocycles. The molecule has 0 spiro atoms. The van der Waals surface area contributed by atoms with Gasteiger partial charge in [-0.2, -0.15) is 0 Å². The summed E-state index contributed by atoms with van der Waals surface area (Å²) in [5.74, 6) is 0. The fourth-order valence-corrected chi connectivity index (χ4v) is 2.38. The number of hydrogen-bond donors (Lipinski definition) is 1. The number of nitrogens with one attached hydrogen (secondary N) is 1. The second kappa shape index (κ2) is 5.80. The summed E-state index contributed by atoms with van der Waals surface area (Å²) in [5.41, 5.74) is 6.06. The number of para-hydroxylation sites is 1. The van der Waals surface area contributed by atoms with E-state index in [1.54, 1.807) is 0 Å². The van der Waals surface area contributed by atoms with Crippen LogP contribution in [-0.2, 0) is 0 Å². The molecular weight excluding hydrogens is 256 g/mol. The molecule has 2 aromatic carbocycles. The number of nitrogens with zero attached hydrogens (tertiary/aromatic N) is 1. The Bertz CT molecular complexity index is 719. The molecule has 2 heteroatoms. The third kappa shape index (κ3) is 2.95. The average molecular weight is 275 g/mol. The van der Waals surface area contributed by atoms with Gasteiger partial charge in [0.05, 0.1) is 11.1 Å². The fourth-order valence-electron chi connectivity index (χ4n) is 2.38.